The molecule has 0 radical (unpaired) electrons. The van der Waals surface area contributed by atoms with E-state index in [1.807, 2.05) is 35.4 Å². The number of H-pyrrole nitrogens is 1. The van der Waals surface area contributed by atoms with Crippen LogP contribution in [0.1, 0.15) is 12.7 Å². The van der Waals surface area contributed by atoms with Gasteiger partial charge in [0, 0.05) is 17.5 Å². The van der Waals surface area contributed by atoms with Gasteiger partial charge in [0.15, 0.2) is 11.5 Å². The Kier molecular flexibility index (Phi) is 8.40. The molecule has 0 aliphatic carbocycles. The highest BCUT2D eigenvalue weighted by Crippen LogP contribution is 2.36. The summed E-state index contributed by atoms with van der Waals surface area (Å²) in [6, 6.07) is 5.56. The highest BCUT2D eigenvalue weighted by molar-refractivity contribution is 7.17. The number of methoxy groups -OCH3 is 2. The molecule has 0 unspecified atom stereocenters. The fraction of sp³-hybridized carbons (Fsp3) is 0.391. The van der Waals surface area contributed by atoms with Crippen molar-refractivity contribution in [2.45, 2.75) is 19.6 Å². The summed E-state index contributed by atoms with van der Waals surface area (Å²) in [6.45, 7) is 7.74. The Hall–Kier alpha value is -2.72. The van der Waals surface area contributed by atoms with Crippen LogP contribution in [0.3, 0.4) is 0 Å². The molecule has 2 heterocycles. The van der Waals surface area contributed by atoms with E-state index in [0.717, 1.165) is 11.1 Å². The normalized spacial score (nSPS) is 12.3. The number of nitrogens with zero attached hydrogens (tertiary/aromatic N) is 2. The van der Waals surface area contributed by atoms with Crippen molar-refractivity contribution in [2.24, 2.45) is 0 Å². The van der Waals surface area contributed by atoms with Gasteiger partial charge in [-0.25, -0.2) is 4.98 Å². The zero-order chi connectivity index (χ0) is 23.1. The molecular formula is C23H29N3O5S. The number of aromatic amines is 1. The van der Waals surface area contributed by atoms with E-state index in [4.69, 9.17) is 14.2 Å². The van der Waals surface area contributed by atoms with E-state index in [9.17, 15) is 9.90 Å². The number of thiophene rings is 1. The number of fused-ring (bicyclic) bond motifs is 1. The van der Waals surface area contributed by atoms with Gasteiger partial charge in [0.1, 0.15) is 10.7 Å². The predicted molar refractivity (Wildman–Crippen MR) is 127 cm³/mol. The summed E-state index contributed by atoms with van der Waals surface area (Å²) >= 11 is 1.42. The number of ether oxygens (including phenoxy) is 3. The van der Waals surface area contributed by atoms with E-state index in [2.05, 4.69) is 16.5 Å². The van der Waals surface area contributed by atoms with E-state index in [-0.39, 0.29) is 12.2 Å². The van der Waals surface area contributed by atoms with Gasteiger partial charge in [-0.15, -0.1) is 17.9 Å². The van der Waals surface area contributed by atoms with Crippen LogP contribution >= 0.6 is 11.3 Å². The highest BCUT2D eigenvalue weighted by Gasteiger charge is 2.17. The molecule has 0 saturated carbocycles. The first-order valence-corrected chi connectivity index (χ1v) is 11.2. The second kappa shape index (κ2) is 11.2. The molecule has 8 nitrogen and oxygen atoms in total. The van der Waals surface area contributed by atoms with Gasteiger partial charge in [0.2, 0.25) is 0 Å². The zero-order valence-electron chi connectivity index (χ0n) is 18.6. The lowest BCUT2D eigenvalue weighted by Crippen LogP contribution is -2.35. The predicted octanol–water partition coefficient (Wildman–Crippen LogP) is 3.05. The van der Waals surface area contributed by atoms with Crippen molar-refractivity contribution < 1.29 is 19.3 Å². The summed E-state index contributed by atoms with van der Waals surface area (Å²) in [5.41, 5.74) is 1.46. The summed E-state index contributed by atoms with van der Waals surface area (Å²) in [5, 5.41) is 12.7. The Balaban J connectivity index is 1.83. The standard InChI is InChI=1S/C23H29N3O5S/c1-5-9-31-13-16(27)11-26(6-2)12-20-24-22(28)21-17(14-32-23(21)25-20)15-7-8-18(29-3)19(10-15)30-4/h5,7-8,10,14,16,27H,1,6,9,11-13H2,2-4H3,(H,24,25,28)/t16-/m0/s1. The maximum absolute atomic E-state index is 13.0. The number of benzene rings is 1. The lowest BCUT2D eigenvalue weighted by Gasteiger charge is -2.22. The van der Waals surface area contributed by atoms with Crippen LogP contribution in [0.25, 0.3) is 21.3 Å². The molecule has 2 aromatic heterocycles. The van der Waals surface area contributed by atoms with Crippen molar-refractivity contribution in [1.82, 2.24) is 14.9 Å². The summed E-state index contributed by atoms with van der Waals surface area (Å²) in [4.78, 5) is 23.2. The van der Waals surface area contributed by atoms with Crippen LogP contribution in [0, 0.1) is 0 Å². The van der Waals surface area contributed by atoms with Crippen LogP contribution in [-0.4, -0.2) is 66.6 Å². The van der Waals surface area contributed by atoms with Crippen LogP contribution in [0.4, 0.5) is 0 Å². The molecule has 32 heavy (non-hydrogen) atoms. The van der Waals surface area contributed by atoms with Crippen molar-refractivity contribution >= 4 is 21.6 Å². The van der Waals surface area contributed by atoms with E-state index in [1.165, 1.54) is 11.3 Å². The fourth-order valence-electron chi connectivity index (χ4n) is 3.44. The van der Waals surface area contributed by atoms with Crippen molar-refractivity contribution in [3.8, 4) is 22.6 Å². The Bertz CT molecular complexity index is 1110. The molecule has 0 bridgehead atoms. The summed E-state index contributed by atoms with van der Waals surface area (Å²) in [5.74, 6) is 1.78. The highest BCUT2D eigenvalue weighted by atomic mass is 32.1. The minimum Gasteiger partial charge on any atom is -0.493 e. The molecule has 0 amide bonds. The lowest BCUT2D eigenvalue weighted by atomic mass is 10.1. The van der Waals surface area contributed by atoms with E-state index in [1.54, 1.807) is 20.3 Å². The van der Waals surface area contributed by atoms with Gasteiger partial charge in [0.25, 0.3) is 5.56 Å². The first-order valence-electron chi connectivity index (χ1n) is 10.3. The Morgan fingerprint density at radius 1 is 1.31 bits per heavy atom. The number of rotatable bonds is 12. The maximum Gasteiger partial charge on any atom is 0.260 e. The van der Waals surface area contributed by atoms with Gasteiger partial charge >= 0.3 is 0 Å². The maximum atomic E-state index is 13.0. The largest absolute Gasteiger partial charge is 0.493 e. The molecule has 3 aromatic rings. The lowest BCUT2D eigenvalue weighted by molar-refractivity contribution is 0.0252. The molecule has 1 aromatic carbocycles. The van der Waals surface area contributed by atoms with E-state index < -0.39 is 6.10 Å². The van der Waals surface area contributed by atoms with Crippen LogP contribution in [0.15, 0.2) is 41.0 Å². The minimum atomic E-state index is -0.635. The quantitative estimate of drug-likeness (QED) is 0.317. The summed E-state index contributed by atoms with van der Waals surface area (Å²) < 4.78 is 16.0. The van der Waals surface area contributed by atoms with Crippen molar-refractivity contribution in [3.63, 3.8) is 0 Å². The third-order valence-corrected chi connectivity index (χ3v) is 5.90. The Morgan fingerprint density at radius 2 is 2.09 bits per heavy atom. The molecule has 1 atom stereocenters. The first kappa shape index (κ1) is 23.9. The average molecular weight is 460 g/mol. The third-order valence-electron chi connectivity index (χ3n) is 5.02. The van der Waals surface area contributed by atoms with Gasteiger partial charge in [0.05, 0.1) is 45.5 Å². The zero-order valence-corrected chi connectivity index (χ0v) is 19.4. The van der Waals surface area contributed by atoms with Crippen LogP contribution < -0.4 is 15.0 Å². The molecular weight excluding hydrogens is 430 g/mol. The van der Waals surface area contributed by atoms with Gasteiger partial charge in [-0.2, -0.15) is 0 Å². The second-order valence-electron chi connectivity index (χ2n) is 7.22. The number of hydrogen-bond acceptors (Lipinski definition) is 8. The minimum absolute atomic E-state index is 0.193. The molecule has 3 rings (SSSR count). The van der Waals surface area contributed by atoms with Crippen molar-refractivity contribution in [3.05, 3.63) is 52.4 Å². The third kappa shape index (κ3) is 5.55. The second-order valence-corrected chi connectivity index (χ2v) is 8.08. The van der Waals surface area contributed by atoms with Gasteiger partial charge in [-0.1, -0.05) is 19.1 Å². The summed E-state index contributed by atoms with van der Waals surface area (Å²) in [6.07, 6.45) is 1.01. The molecule has 172 valence electrons. The smallest absolute Gasteiger partial charge is 0.260 e. The molecule has 0 aliphatic heterocycles. The number of aliphatic hydroxyl groups is 1. The van der Waals surface area contributed by atoms with Gasteiger partial charge < -0.3 is 24.3 Å². The van der Waals surface area contributed by atoms with Crippen LogP contribution in [-0.2, 0) is 11.3 Å². The molecule has 0 saturated heterocycles. The molecule has 0 spiro atoms. The number of hydrogen-bond donors (Lipinski definition) is 2. The average Bonchev–Trinajstić information content (AvgIpc) is 3.22. The number of likely N-dealkylation sites (N-methyl/N-ethyl adjacent to an activating group) is 1. The van der Waals surface area contributed by atoms with Crippen molar-refractivity contribution in [1.29, 1.82) is 0 Å². The fourth-order valence-corrected chi connectivity index (χ4v) is 4.41. The van der Waals surface area contributed by atoms with Gasteiger partial charge in [-0.3, -0.25) is 9.69 Å². The first-order chi connectivity index (χ1) is 15.5. The monoisotopic (exact) mass is 459 g/mol. The topological polar surface area (TPSA) is 96.9 Å². The van der Waals surface area contributed by atoms with E-state index in [0.29, 0.717) is 53.8 Å². The Morgan fingerprint density at radius 3 is 2.78 bits per heavy atom. The molecule has 9 heteroatoms. The van der Waals surface area contributed by atoms with Gasteiger partial charge in [-0.05, 0) is 24.2 Å². The summed E-state index contributed by atoms with van der Waals surface area (Å²) in [7, 11) is 3.16. The molecule has 0 aliphatic rings. The van der Waals surface area contributed by atoms with Crippen LogP contribution in [0.2, 0.25) is 0 Å². The number of aliphatic hydroxyl groups excluding tert-OH is 1. The van der Waals surface area contributed by atoms with Crippen molar-refractivity contribution in [2.75, 3.05) is 40.5 Å². The number of nitrogens with one attached hydrogen (secondary N) is 1. The Labute approximate surface area is 191 Å². The SMILES string of the molecule is C=CCOC[C@@H](O)CN(CC)Cc1nc2scc(-c3ccc(OC)c(OC)c3)c2c(=O)[nH]1. The molecule has 0 fully saturated rings. The molecule has 2 N–H and O–H groups in total. The number of aromatic nitrogens is 2. The van der Waals surface area contributed by atoms with E-state index >= 15 is 0 Å². The van der Waals surface area contributed by atoms with Crippen LogP contribution in [0.5, 0.6) is 11.5 Å².